The second-order valence-corrected chi connectivity index (χ2v) is 5.61. The van der Waals surface area contributed by atoms with E-state index < -0.39 is 0 Å². The molecule has 3 aromatic rings. The van der Waals surface area contributed by atoms with Crippen LogP contribution in [0.4, 0.5) is 11.4 Å². The predicted molar refractivity (Wildman–Crippen MR) is 97.0 cm³/mol. The van der Waals surface area contributed by atoms with Crippen LogP contribution in [-0.2, 0) is 4.79 Å². The smallest absolute Gasteiger partial charge is 0.255 e. The molecule has 0 saturated heterocycles. The zero-order chi connectivity index (χ0) is 17.8. The van der Waals surface area contributed by atoms with Crippen LogP contribution in [0.2, 0.25) is 0 Å². The Morgan fingerprint density at radius 3 is 2.24 bits per heavy atom. The summed E-state index contributed by atoms with van der Waals surface area (Å²) in [5.74, 6) is -0.365. The Balaban J connectivity index is 1.77. The summed E-state index contributed by atoms with van der Waals surface area (Å²) in [5.41, 5.74) is 3.57. The highest BCUT2D eigenvalue weighted by Crippen LogP contribution is 2.24. The van der Waals surface area contributed by atoms with Gasteiger partial charge in [-0.25, -0.2) is 4.68 Å². The van der Waals surface area contributed by atoms with Gasteiger partial charge in [0.05, 0.1) is 5.69 Å². The van der Waals surface area contributed by atoms with Gasteiger partial charge < -0.3 is 10.6 Å². The summed E-state index contributed by atoms with van der Waals surface area (Å²) in [7, 11) is 0. The SMILES string of the molecule is CC(=O)Nc1cccc(NC(=O)c2ccc(-n3cccn3)cc2)c1C. The third-order valence-corrected chi connectivity index (χ3v) is 3.79. The summed E-state index contributed by atoms with van der Waals surface area (Å²) in [5, 5.41) is 9.79. The first-order chi connectivity index (χ1) is 12.0. The zero-order valence-electron chi connectivity index (χ0n) is 14.0. The van der Waals surface area contributed by atoms with Gasteiger partial charge in [-0.1, -0.05) is 6.07 Å². The Bertz CT molecular complexity index is 900. The lowest BCUT2D eigenvalue weighted by Crippen LogP contribution is -2.14. The number of nitrogens with one attached hydrogen (secondary N) is 2. The fourth-order valence-corrected chi connectivity index (χ4v) is 2.48. The average molecular weight is 334 g/mol. The molecule has 1 heterocycles. The molecule has 2 aromatic carbocycles. The molecule has 3 rings (SSSR count). The number of hydrogen-bond donors (Lipinski definition) is 2. The van der Waals surface area contributed by atoms with Crippen LogP contribution >= 0.6 is 0 Å². The molecule has 0 atom stereocenters. The van der Waals surface area contributed by atoms with E-state index in [4.69, 9.17) is 0 Å². The second kappa shape index (κ2) is 7.00. The van der Waals surface area contributed by atoms with E-state index in [0.29, 0.717) is 16.9 Å². The van der Waals surface area contributed by atoms with Gasteiger partial charge in [0, 0.05) is 36.3 Å². The molecule has 0 radical (unpaired) electrons. The summed E-state index contributed by atoms with van der Waals surface area (Å²) in [6.07, 6.45) is 3.54. The maximum Gasteiger partial charge on any atom is 0.255 e. The Kier molecular flexibility index (Phi) is 4.61. The number of carbonyl (C=O) groups is 2. The highest BCUT2D eigenvalue weighted by Gasteiger charge is 2.10. The zero-order valence-corrected chi connectivity index (χ0v) is 14.0. The summed E-state index contributed by atoms with van der Waals surface area (Å²) in [6, 6.07) is 14.4. The van der Waals surface area contributed by atoms with Gasteiger partial charge in [-0.05, 0) is 55.0 Å². The highest BCUT2D eigenvalue weighted by molar-refractivity contribution is 6.05. The molecule has 2 amide bonds. The number of benzene rings is 2. The molecule has 0 unspecified atom stereocenters. The predicted octanol–water partition coefficient (Wildman–Crippen LogP) is 3.39. The van der Waals surface area contributed by atoms with Crippen LogP contribution in [0.3, 0.4) is 0 Å². The molecule has 0 fully saturated rings. The van der Waals surface area contributed by atoms with E-state index >= 15 is 0 Å². The summed E-state index contributed by atoms with van der Waals surface area (Å²) in [6.45, 7) is 3.30. The number of nitrogens with zero attached hydrogens (tertiary/aromatic N) is 2. The van der Waals surface area contributed by atoms with E-state index in [1.165, 1.54) is 6.92 Å². The molecule has 0 aliphatic rings. The van der Waals surface area contributed by atoms with Crippen LogP contribution in [0, 0.1) is 6.92 Å². The first kappa shape index (κ1) is 16.4. The van der Waals surface area contributed by atoms with Crippen molar-refractivity contribution in [1.82, 2.24) is 9.78 Å². The Morgan fingerprint density at radius 2 is 1.64 bits per heavy atom. The molecule has 126 valence electrons. The molecular weight excluding hydrogens is 316 g/mol. The third kappa shape index (κ3) is 3.74. The number of rotatable bonds is 4. The normalized spacial score (nSPS) is 10.3. The molecular formula is C19H18N4O2. The average Bonchev–Trinajstić information content (AvgIpc) is 3.13. The van der Waals surface area contributed by atoms with Crippen LogP contribution < -0.4 is 10.6 Å². The second-order valence-electron chi connectivity index (χ2n) is 5.61. The van der Waals surface area contributed by atoms with Gasteiger partial charge in [0.2, 0.25) is 5.91 Å². The number of anilines is 2. The minimum Gasteiger partial charge on any atom is -0.326 e. The van der Waals surface area contributed by atoms with Gasteiger partial charge >= 0.3 is 0 Å². The molecule has 0 aliphatic carbocycles. The molecule has 25 heavy (non-hydrogen) atoms. The summed E-state index contributed by atoms with van der Waals surface area (Å²) in [4.78, 5) is 23.7. The Labute approximate surface area is 145 Å². The maximum atomic E-state index is 12.5. The van der Waals surface area contributed by atoms with Crippen molar-refractivity contribution < 1.29 is 9.59 Å². The van der Waals surface area contributed by atoms with Gasteiger partial charge in [-0.2, -0.15) is 5.10 Å². The lowest BCUT2D eigenvalue weighted by atomic mass is 10.1. The molecule has 0 bridgehead atoms. The van der Waals surface area contributed by atoms with Crippen molar-refractivity contribution in [2.24, 2.45) is 0 Å². The largest absolute Gasteiger partial charge is 0.326 e. The quantitative estimate of drug-likeness (QED) is 0.768. The van der Waals surface area contributed by atoms with Gasteiger partial charge in [0.25, 0.3) is 5.91 Å². The molecule has 2 N–H and O–H groups in total. The molecule has 6 heteroatoms. The van der Waals surface area contributed by atoms with Gasteiger partial charge in [0.1, 0.15) is 0 Å². The maximum absolute atomic E-state index is 12.5. The molecule has 0 aliphatic heterocycles. The first-order valence-electron chi connectivity index (χ1n) is 7.83. The van der Waals surface area contributed by atoms with Crippen LogP contribution in [0.1, 0.15) is 22.8 Å². The summed E-state index contributed by atoms with van der Waals surface area (Å²) < 4.78 is 1.72. The van der Waals surface area contributed by atoms with Crippen LogP contribution in [0.25, 0.3) is 5.69 Å². The van der Waals surface area contributed by atoms with Crippen molar-refractivity contribution in [1.29, 1.82) is 0 Å². The molecule has 1 aromatic heterocycles. The minimum absolute atomic E-state index is 0.152. The van der Waals surface area contributed by atoms with Crippen molar-refractivity contribution >= 4 is 23.2 Å². The Morgan fingerprint density at radius 1 is 0.960 bits per heavy atom. The molecule has 0 spiro atoms. The Hall–Kier alpha value is -3.41. The van der Waals surface area contributed by atoms with E-state index in [1.807, 2.05) is 31.3 Å². The van der Waals surface area contributed by atoms with Gasteiger partial charge in [-0.15, -0.1) is 0 Å². The number of hydrogen-bond acceptors (Lipinski definition) is 3. The van der Waals surface area contributed by atoms with Gasteiger partial charge in [-0.3, -0.25) is 9.59 Å². The van der Waals surface area contributed by atoms with E-state index in [2.05, 4.69) is 15.7 Å². The van der Waals surface area contributed by atoms with E-state index in [-0.39, 0.29) is 11.8 Å². The van der Waals surface area contributed by atoms with E-state index in [1.54, 1.807) is 41.2 Å². The minimum atomic E-state index is -0.213. The highest BCUT2D eigenvalue weighted by atomic mass is 16.2. The first-order valence-corrected chi connectivity index (χ1v) is 7.83. The fraction of sp³-hybridized carbons (Fsp3) is 0.105. The number of amides is 2. The van der Waals surface area contributed by atoms with Gasteiger partial charge in [0.15, 0.2) is 0 Å². The standard InChI is InChI=1S/C19H18N4O2/c1-13-17(21-14(2)24)5-3-6-18(13)22-19(25)15-7-9-16(10-8-15)23-12-4-11-20-23/h3-12H,1-2H3,(H,21,24)(H,22,25). The lowest BCUT2D eigenvalue weighted by molar-refractivity contribution is -0.114. The lowest BCUT2D eigenvalue weighted by Gasteiger charge is -2.13. The van der Waals surface area contributed by atoms with Crippen molar-refractivity contribution in [2.45, 2.75) is 13.8 Å². The van der Waals surface area contributed by atoms with Crippen molar-refractivity contribution in [2.75, 3.05) is 10.6 Å². The van der Waals surface area contributed by atoms with Crippen LogP contribution in [0.15, 0.2) is 60.9 Å². The monoisotopic (exact) mass is 334 g/mol. The van der Waals surface area contributed by atoms with Crippen molar-refractivity contribution in [3.8, 4) is 5.69 Å². The fourth-order valence-electron chi connectivity index (χ4n) is 2.48. The topological polar surface area (TPSA) is 76.0 Å². The number of carbonyl (C=O) groups excluding carboxylic acids is 2. The van der Waals surface area contributed by atoms with Crippen LogP contribution in [-0.4, -0.2) is 21.6 Å². The number of aromatic nitrogens is 2. The van der Waals surface area contributed by atoms with Crippen molar-refractivity contribution in [3.05, 3.63) is 72.1 Å². The van der Waals surface area contributed by atoms with E-state index in [9.17, 15) is 9.59 Å². The molecule has 6 nitrogen and oxygen atoms in total. The van der Waals surface area contributed by atoms with Crippen molar-refractivity contribution in [3.63, 3.8) is 0 Å². The summed E-state index contributed by atoms with van der Waals surface area (Å²) >= 11 is 0. The van der Waals surface area contributed by atoms with E-state index in [0.717, 1.165) is 11.3 Å². The molecule has 0 saturated carbocycles. The third-order valence-electron chi connectivity index (χ3n) is 3.79. The van der Waals surface area contributed by atoms with Crippen LogP contribution in [0.5, 0.6) is 0 Å².